The Morgan fingerprint density at radius 1 is 1.26 bits per heavy atom. The highest BCUT2D eigenvalue weighted by atomic mass is 79.9. The highest BCUT2D eigenvalue weighted by Gasteiger charge is 2.16. The summed E-state index contributed by atoms with van der Waals surface area (Å²) in [6, 6.07) is 8.76. The molecule has 2 rings (SSSR count). The molecule has 7 nitrogen and oxygen atoms in total. The Hall–Kier alpha value is -2.70. The first-order valence-electron chi connectivity index (χ1n) is 9.96. The summed E-state index contributed by atoms with van der Waals surface area (Å²) in [7, 11) is 0. The maximum absolute atomic E-state index is 12.8. The van der Waals surface area contributed by atoms with E-state index in [1.54, 1.807) is 38.1 Å². The average molecular weight is 505 g/mol. The van der Waals surface area contributed by atoms with Crippen LogP contribution in [-0.4, -0.2) is 22.3 Å². The lowest BCUT2D eigenvalue weighted by molar-refractivity contribution is 0.0973. The van der Waals surface area contributed by atoms with E-state index < -0.39 is 11.5 Å². The number of aryl methyl sites for hydroxylation is 2. The molecule has 1 aromatic heterocycles. The Labute approximate surface area is 195 Å². The largest absolute Gasteiger partial charge is 0.493 e. The van der Waals surface area contributed by atoms with Gasteiger partial charge in [-0.1, -0.05) is 42.1 Å². The molecular weight excluding hydrogens is 480 g/mol. The molecule has 31 heavy (non-hydrogen) atoms. The number of hydrogen-bond donors (Lipinski definition) is 2. The van der Waals surface area contributed by atoms with Crippen LogP contribution in [0.4, 0.5) is 0 Å². The number of benzene rings is 1. The summed E-state index contributed by atoms with van der Waals surface area (Å²) in [4.78, 5) is 25.3. The fraction of sp³-hybridized carbons (Fsp3) is 0.364. The Morgan fingerprint density at radius 3 is 2.68 bits per heavy atom. The number of carbonyl (C=O) groups is 1. The van der Waals surface area contributed by atoms with E-state index in [1.807, 2.05) is 6.07 Å². The van der Waals surface area contributed by atoms with Gasteiger partial charge in [-0.05, 0) is 62.3 Å². The van der Waals surface area contributed by atoms with Gasteiger partial charge in [-0.25, -0.2) is 4.68 Å². The molecule has 1 aromatic carbocycles. The lowest BCUT2D eigenvalue weighted by atomic mass is 10.1. The number of ether oxygens (including phenoxy) is 1. The molecule has 0 unspecified atom stereocenters. The predicted molar refractivity (Wildman–Crippen MR) is 128 cm³/mol. The van der Waals surface area contributed by atoms with Crippen LogP contribution < -0.4 is 21.0 Å². The first-order chi connectivity index (χ1) is 14.8. The molecular formula is C22H25BrN4O3S. The van der Waals surface area contributed by atoms with Crippen LogP contribution in [0.2, 0.25) is 0 Å². The maximum Gasteiger partial charge on any atom is 0.287 e. The van der Waals surface area contributed by atoms with Crippen LogP contribution in [0.25, 0.3) is 0 Å². The van der Waals surface area contributed by atoms with E-state index >= 15 is 0 Å². The molecule has 0 saturated carbocycles. The van der Waals surface area contributed by atoms with Crippen LogP contribution in [0.3, 0.4) is 0 Å². The van der Waals surface area contributed by atoms with Gasteiger partial charge >= 0.3 is 0 Å². The van der Waals surface area contributed by atoms with E-state index in [4.69, 9.17) is 17.0 Å². The van der Waals surface area contributed by atoms with E-state index in [0.29, 0.717) is 29.2 Å². The average Bonchev–Trinajstić information content (AvgIpc) is 2.72. The van der Waals surface area contributed by atoms with Crippen molar-refractivity contribution in [2.75, 3.05) is 12.0 Å². The Morgan fingerprint density at radius 2 is 2.00 bits per heavy atom. The zero-order chi connectivity index (χ0) is 23.0. The van der Waals surface area contributed by atoms with Gasteiger partial charge in [0.05, 0.1) is 12.2 Å². The Balaban J connectivity index is 2.13. The number of pyridine rings is 1. The van der Waals surface area contributed by atoms with Gasteiger partial charge in [-0.15, -0.1) is 0 Å². The minimum absolute atomic E-state index is 0.0120. The lowest BCUT2D eigenvalue weighted by Gasteiger charge is -2.16. The summed E-state index contributed by atoms with van der Waals surface area (Å²) >= 11 is 8.59. The molecule has 0 saturated heterocycles. The number of aromatic nitrogens is 1. The second-order valence-corrected chi connectivity index (χ2v) is 8.36. The summed E-state index contributed by atoms with van der Waals surface area (Å²) < 4.78 is 7.67. The number of hydrogen-bond acceptors (Lipinski definition) is 5. The van der Waals surface area contributed by atoms with E-state index in [1.165, 1.54) is 0 Å². The minimum atomic E-state index is -0.532. The molecule has 0 aliphatic rings. The van der Waals surface area contributed by atoms with Crippen molar-refractivity contribution in [1.29, 1.82) is 5.26 Å². The molecule has 0 aliphatic heterocycles. The van der Waals surface area contributed by atoms with Gasteiger partial charge in [0.2, 0.25) is 0 Å². The highest BCUT2D eigenvalue weighted by molar-refractivity contribution is 9.10. The molecule has 2 aromatic rings. The third-order valence-electron chi connectivity index (χ3n) is 4.58. The molecule has 0 radical (unpaired) electrons. The second kappa shape index (κ2) is 11.6. The number of nitriles is 1. The standard InChI is InChI=1S/C22H25BrN4O3S/c1-4-5-6-7-10-30-19-9-8-16(23)12-17(19)20(28)25-22(31)26-27-15(3)11-14(2)18(13-24)21(27)29/h8-9,11-12H,4-7,10H2,1-3H3,(H2,25,26,28,31). The fourth-order valence-corrected chi connectivity index (χ4v) is 3.53. The molecule has 0 atom stereocenters. The number of unbranched alkanes of at least 4 members (excludes halogenated alkanes) is 3. The monoisotopic (exact) mass is 504 g/mol. The van der Waals surface area contributed by atoms with Gasteiger partial charge in [-0.3, -0.25) is 20.3 Å². The van der Waals surface area contributed by atoms with Gasteiger partial charge in [-0.2, -0.15) is 5.26 Å². The molecule has 0 fully saturated rings. The summed E-state index contributed by atoms with van der Waals surface area (Å²) in [6.45, 7) is 6.04. The van der Waals surface area contributed by atoms with E-state index in [9.17, 15) is 14.9 Å². The number of halogens is 1. The third-order valence-corrected chi connectivity index (χ3v) is 5.27. The van der Waals surface area contributed by atoms with Crippen molar-refractivity contribution in [3.63, 3.8) is 0 Å². The minimum Gasteiger partial charge on any atom is -0.493 e. The SMILES string of the molecule is CCCCCCOc1ccc(Br)cc1C(=O)NC(=S)Nn1c(C)cc(C)c(C#N)c1=O. The van der Waals surface area contributed by atoms with Gasteiger partial charge < -0.3 is 4.74 Å². The number of carbonyl (C=O) groups excluding carboxylic acids is 1. The first kappa shape index (κ1) is 24.6. The maximum atomic E-state index is 12.8. The number of thiocarbonyl (C=S) groups is 1. The topological polar surface area (TPSA) is 96.2 Å². The summed E-state index contributed by atoms with van der Waals surface area (Å²) in [5.74, 6) is -0.0175. The Kier molecular flexibility index (Phi) is 9.21. The third kappa shape index (κ3) is 6.64. The molecule has 164 valence electrons. The summed E-state index contributed by atoms with van der Waals surface area (Å²) in [5.41, 5.74) is 3.61. The van der Waals surface area contributed by atoms with Crippen molar-refractivity contribution in [2.24, 2.45) is 0 Å². The zero-order valence-electron chi connectivity index (χ0n) is 17.8. The number of nitrogens with one attached hydrogen (secondary N) is 2. The molecule has 1 amide bonds. The van der Waals surface area contributed by atoms with Crippen molar-refractivity contribution >= 4 is 39.2 Å². The van der Waals surface area contributed by atoms with Crippen molar-refractivity contribution in [3.05, 3.63) is 61.5 Å². The van der Waals surface area contributed by atoms with Crippen LogP contribution in [0.5, 0.6) is 5.75 Å². The van der Waals surface area contributed by atoms with Crippen LogP contribution in [-0.2, 0) is 0 Å². The van der Waals surface area contributed by atoms with Gasteiger partial charge in [0.15, 0.2) is 5.11 Å². The normalized spacial score (nSPS) is 10.3. The predicted octanol–water partition coefficient (Wildman–Crippen LogP) is 4.32. The number of amides is 1. The van der Waals surface area contributed by atoms with Crippen LogP contribution in [0, 0.1) is 25.2 Å². The quantitative estimate of drug-likeness (QED) is 0.410. The fourth-order valence-electron chi connectivity index (χ4n) is 2.98. The molecule has 0 bridgehead atoms. The van der Waals surface area contributed by atoms with Crippen LogP contribution >= 0.6 is 28.1 Å². The van der Waals surface area contributed by atoms with Gasteiger partial charge in [0, 0.05) is 10.2 Å². The Bertz CT molecular complexity index is 1080. The van der Waals surface area contributed by atoms with Crippen molar-refractivity contribution in [3.8, 4) is 11.8 Å². The molecule has 9 heteroatoms. The molecule has 1 heterocycles. The smallest absolute Gasteiger partial charge is 0.287 e. The van der Waals surface area contributed by atoms with E-state index in [2.05, 4.69) is 33.6 Å². The van der Waals surface area contributed by atoms with Gasteiger partial charge in [0.1, 0.15) is 17.4 Å². The zero-order valence-corrected chi connectivity index (χ0v) is 20.2. The number of nitrogens with zero attached hydrogens (tertiary/aromatic N) is 2. The number of rotatable bonds is 8. The van der Waals surface area contributed by atoms with Crippen molar-refractivity contribution in [1.82, 2.24) is 9.99 Å². The molecule has 0 spiro atoms. The van der Waals surface area contributed by atoms with Crippen LogP contribution in [0.15, 0.2) is 33.5 Å². The molecule has 0 aliphatic carbocycles. The van der Waals surface area contributed by atoms with E-state index in [-0.39, 0.29) is 10.7 Å². The first-order valence-corrected chi connectivity index (χ1v) is 11.2. The lowest BCUT2D eigenvalue weighted by Crippen LogP contribution is -2.43. The highest BCUT2D eigenvalue weighted by Crippen LogP contribution is 2.23. The second-order valence-electron chi connectivity index (χ2n) is 7.04. The van der Waals surface area contributed by atoms with Crippen LogP contribution in [0.1, 0.15) is 59.8 Å². The van der Waals surface area contributed by atoms with Crippen molar-refractivity contribution < 1.29 is 9.53 Å². The molecule has 2 N–H and O–H groups in total. The van der Waals surface area contributed by atoms with Gasteiger partial charge in [0.25, 0.3) is 11.5 Å². The summed E-state index contributed by atoms with van der Waals surface area (Å²) in [5, 5.41) is 11.7. The van der Waals surface area contributed by atoms with E-state index in [0.717, 1.165) is 34.8 Å². The summed E-state index contributed by atoms with van der Waals surface area (Å²) in [6.07, 6.45) is 4.25. The van der Waals surface area contributed by atoms with Crippen molar-refractivity contribution in [2.45, 2.75) is 46.5 Å².